The predicted molar refractivity (Wildman–Crippen MR) is 84.4 cm³/mol. The molecule has 0 aliphatic carbocycles. The summed E-state index contributed by atoms with van der Waals surface area (Å²) in [5.74, 6) is 0.387. The SMILES string of the molecule is Nc1nn(-c2ccccc2)nc1-c1nc2ccccc2s1. The highest BCUT2D eigenvalue weighted by Gasteiger charge is 2.15. The van der Waals surface area contributed by atoms with Crippen molar-refractivity contribution in [2.45, 2.75) is 0 Å². The average Bonchev–Trinajstić information content (AvgIpc) is 3.11. The Morgan fingerprint density at radius 3 is 2.48 bits per heavy atom. The molecule has 102 valence electrons. The van der Waals surface area contributed by atoms with Gasteiger partial charge in [0.1, 0.15) is 5.01 Å². The number of aromatic nitrogens is 4. The summed E-state index contributed by atoms with van der Waals surface area (Å²) >= 11 is 1.57. The molecule has 6 heteroatoms. The van der Waals surface area contributed by atoms with Gasteiger partial charge in [-0.2, -0.15) is 0 Å². The molecule has 21 heavy (non-hydrogen) atoms. The molecule has 0 unspecified atom stereocenters. The van der Waals surface area contributed by atoms with Crippen LogP contribution in [0.3, 0.4) is 0 Å². The Labute approximate surface area is 124 Å². The van der Waals surface area contributed by atoms with E-state index in [0.29, 0.717) is 11.5 Å². The summed E-state index contributed by atoms with van der Waals surface area (Å²) in [4.78, 5) is 6.11. The van der Waals surface area contributed by atoms with Crippen LogP contribution in [-0.4, -0.2) is 20.0 Å². The highest BCUT2D eigenvalue weighted by molar-refractivity contribution is 7.21. The molecule has 2 aromatic heterocycles. The van der Waals surface area contributed by atoms with Crippen LogP contribution in [0.5, 0.6) is 0 Å². The van der Waals surface area contributed by atoms with Gasteiger partial charge in [0.2, 0.25) is 0 Å². The summed E-state index contributed by atoms with van der Waals surface area (Å²) in [6, 6.07) is 17.7. The third-order valence-corrected chi connectivity index (χ3v) is 4.17. The molecule has 0 aliphatic rings. The van der Waals surface area contributed by atoms with Crippen LogP contribution in [0.1, 0.15) is 0 Å². The van der Waals surface area contributed by atoms with Gasteiger partial charge in [-0.3, -0.25) is 0 Å². The number of anilines is 1. The highest BCUT2D eigenvalue weighted by atomic mass is 32.1. The van der Waals surface area contributed by atoms with Crippen LogP contribution in [-0.2, 0) is 0 Å². The Bertz CT molecular complexity index is 877. The molecule has 2 N–H and O–H groups in total. The van der Waals surface area contributed by atoms with Gasteiger partial charge in [0.15, 0.2) is 11.5 Å². The second kappa shape index (κ2) is 4.68. The van der Waals surface area contributed by atoms with Crippen molar-refractivity contribution in [2.24, 2.45) is 0 Å². The minimum atomic E-state index is 0.387. The van der Waals surface area contributed by atoms with E-state index < -0.39 is 0 Å². The van der Waals surface area contributed by atoms with Gasteiger partial charge in [0, 0.05) is 0 Å². The van der Waals surface area contributed by atoms with Crippen molar-refractivity contribution in [3.63, 3.8) is 0 Å². The molecule has 0 amide bonds. The summed E-state index contributed by atoms with van der Waals surface area (Å²) < 4.78 is 1.11. The van der Waals surface area contributed by atoms with Crippen LogP contribution in [0.25, 0.3) is 26.6 Å². The first-order valence-corrected chi connectivity index (χ1v) is 7.27. The minimum Gasteiger partial charge on any atom is -0.380 e. The maximum Gasteiger partial charge on any atom is 0.177 e. The normalized spacial score (nSPS) is 11.0. The molecule has 0 bridgehead atoms. The van der Waals surface area contributed by atoms with Crippen molar-refractivity contribution in [2.75, 3.05) is 5.73 Å². The van der Waals surface area contributed by atoms with E-state index in [2.05, 4.69) is 15.2 Å². The molecule has 5 nitrogen and oxygen atoms in total. The molecule has 0 saturated carbocycles. The molecule has 0 spiro atoms. The van der Waals surface area contributed by atoms with Crippen LogP contribution in [0.15, 0.2) is 54.6 Å². The minimum absolute atomic E-state index is 0.387. The predicted octanol–water partition coefficient (Wildman–Crippen LogP) is 3.13. The van der Waals surface area contributed by atoms with Crippen LogP contribution in [0.2, 0.25) is 0 Å². The maximum absolute atomic E-state index is 6.00. The Morgan fingerprint density at radius 2 is 1.67 bits per heavy atom. The van der Waals surface area contributed by atoms with Crippen molar-refractivity contribution in [1.29, 1.82) is 0 Å². The second-order valence-corrected chi connectivity index (χ2v) is 5.58. The molecular weight excluding hydrogens is 282 g/mol. The summed E-state index contributed by atoms with van der Waals surface area (Å²) in [6.45, 7) is 0. The fourth-order valence-corrected chi connectivity index (χ4v) is 3.08. The largest absolute Gasteiger partial charge is 0.380 e. The molecule has 4 rings (SSSR count). The molecule has 0 aliphatic heterocycles. The molecule has 4 aromatic rings. The molecule has 2 aromatic carbocycles. The fraction of sp³-hybridized carbons (Fsp3) is 0. The van der Waals surface area contributed by atoms with E-state index in [1.807, 2.05) is 54.6 Å². The van der Waals surface area contributed by atoms with Crippen molar-refractivity contribution in [1.82, 2.24) is 20.0 Å². The van der Waals surface area contributed by atoms with E-state index in [1.165, 1.54) is 4.80 Å². The summed E-state index contributed by atoms with van der Waals surface area (Å²) in [7, 11) is 0. The Balaban J connectivity index is 1.84. The fourth-order valence-electron chi connectivity index (χ4n) is 2.12. The zero-order valence-corrected chi connectivity index (χ0v) is 11.8. The number of nitrogens with zero attached hydrogens (tertiary/aromatic N) is 4. The number of hydrogen-bond acceptors (Lipinski definition) is 5. The lowest BCUT2D eigenvalue weighted by atomic mass is 10.3. The number of rotatable bonds is 2. The number of para-hydroxylation sites is 2. The molecule has 0 radical (unpaired) electrons. The lowest BCUT2D eigenvalue weighted by molar-refractivity contribution is 0.756. The number of benzene rings is 2. The zero-order valence-electron chi connectivity index (χ0n) is 11.0. The summed E-state index contributed by atoms with van der Waals surface area (Å²) in [6.07, 6.45) is 0. The lowest BCUT2D eigenvalue weighted by Gasteiger charge is -1.96. The molecule has 0 saturated heterocycles. The Morgan fingerprint density at radius 1 is 0.905 bits per heavy atom. The van der Waals surface area contributed by atoms with Gasteiger partial charge in [-0.25, -0.2) is 4.98 Å². The third-order valence-electron chi connectivity index (χ3n) is 3.12. The standard InChI is InChI=1S/C15H11N5S/c16-14-13(15-17-11-8-4-5-9-12(11)21-15)18-20(19-14)10-6-2-1-3-7-10/h1-9H,(H2,16,19). The van der Waals surface area contributed by atoms with E-state index in [9.17, 15) is 0 Å². The quantitative estimate of drug-likeness (QED) is 0.616. The smallest absolute Gasteiger partial charge is 0.177 e. The first-order chi connectivity index (χ1) is 10.3. The van der Waals surface area contributed by atoms with Crippen molar-refractivity contribution in [3.05, 3.63) is 54.6 Å². The first-order valence-electron chi connectivity index (χ1n) is 6.45. The van der Waals surface area contributed by atoms with Gasteiger partial charge in [-0.15, -0.1) is 26.3 Å². The van der Waals surface area contributed by atoms with Crippen molar-refractivity contribution in [3.8, 4) is 16.4 Å². The van der Waals surface area contributed by atoms with Crippen LogP contribution < -0.4 is 5.73 Å². The highest BCUT2D eigenvalue weighted by Crippen LogP contribution is 2.31. The molecule has 0 atom stereocenters. The number of nitrogen functional groups attached to an aromatic ring is 1. The average molecular weight is 293 g/mol. The second-order valence-electron chi connectivity index (χ2n) is 4.55. The van der Waals surface area contributed by atoms with Gasteiger partial charge in [0.05, 0.1) is 15.9 Å². The maximum atomic E-state index is 6.00. The van der Waals surface area contributed by atoms with Gasteiger partial charge >= 0.3 is 0 Å². The van der Waals surface area contributed by atoms with Gasteiger partial charge in [-0.1, -0.05) is 30.3 Å². The third kappa shape index (κ3) is 2.05. The number of hydrogen-bond donors (Lipinski definition) is 1. The lowest BCUT2D eigenvalue weighted by Crippen LogP contribution is -1.98. The van der Waals surface area contributed by atoms with Crippen LogP contribution in [0.4, 0.5) is 5.82 Å². The summed E-state index contributed by atoms with van der Waals surface area (Å²) in [5, 5.41) is 9.54. The van der Waals surface area contributed by atoms with E-state index in [1.54, 1.807) is 11.3 Å². The number of fused-ring (bicyclic) bond motifs is 1. The van der Waals surface area contributed by atoms with Gasteiger partial charge < -0.3 is 5.73 Å². The van der Waals surface area contributed by atoms with Crippen molar-refractivity contribution >= 4 is 27.4 Å². The Kier molecular flexibility index (Phi) is 2.68. The molecular formula is C15H11N5S. The van der Waals surface area contributed by atoms with Crippen molar-refractivity contribution < 1.29 is 0 Å². The summed E-state index contributed by atoms with van der Waals surface area (Å²) in [5.41, 5.74) is 8.45. The van der Waals surface area contributed by atoms with Gasteiger partial charge in [-0.05, 0) is 24.3 Å². The Hall–Kier alpha value is -2.73. The van der Waals surface area contributed by atoms with E-state index in [0.717, 1.165) is 20.9 Å². The van der Waals surface area contributed by atoms with E-state index >= 15 is 0 Å². The zero-order chi connectivity index (χ0) is 14.2. The van der Waals surface area contributed by atoms with Crippen LogP contribution in [0, 0.1) is 0 Å². The topological polar surface area (TPSA) is 69.6 Å². The van der Waals surface area contributed by atoms with Crippen LogP contribution >= 0.6 is 11.3 Å². The number of thiazole rings is 1. The van der Waals surface area contributed by atoms with E-state index in [4.69, 9.17) is 5.73 Å². The van der Waals surface area contributed by atoms with Gasteiger partial charge in [0.25, 0.3) is 0 Å². The van der Waals surface area contributed by atoms with E-state index in [-0.39, 0.29) is 0 Å². The monoisotopic (exact) mass is 293 g/mol. The molecule has 2 heterocycles. The molecule has 0 fully saturated rings. The first kappa shape index (κ1) is 12.0. The number of nitrogens with two attached hydrogens (primary N) is 1.